The molecule has 1 aliphatic carbocycles. The van der Waals surface area contributed by atoms with E-state index in [0.29, 0.717) is 24.9 Å². The zero-order chi connectivity index (χ0) is 29.0. The number of unbranched alkanes of at least 4 members (excludes halogenated alkanes) is 2. The van der Waals surface area contributed by atoms with Crippen LogP contribution in [0.2, 0.25) is 0 Å². The van der Waals surface area contributed by atoms with Crippen LogP contribution >= 0.6 is 0 Å². The molecule has 5 nitrogen and oxygen atoms in total. The van der Waals surface area contributed by atoms with Crippen LogP contribution in [0.1, 0.15) is 124 Å². The minimum Gasteiger partial charge on any atom is -0.492 e. The molecule has 0 aliphatic heterocycles. The second kappa shape index (κ2) is 29.1. The van der Waals surface area contributed by atoms with Gasteiger partial charge in [-0.05, 0) is 69.6 Å². The Kier molecular flexibility index (Phi) is 29.6. The van der Waals surface area contributed by atoms with Gasteiger partial charge in [0.1, 0.15) is 0 Å². The standard InChI is InChI=1S/C31H49O4.C3H8O.W/c1-4-6-23-31(25-19-20-26-31)24-18-16-14-12-10-8-7-9-11-13-15-17-22-30(33)35-28(3)27-34-29(32)21-5-2;1-2-3-4;/h7-8,11-14,18,24,28H,3-6,9-10,15-17,19-23,25-27H2,1-2H3;4H,2-3H2,1H3;/q-1;;/b8-7-,13-11-,14-12-,24-18-;;. The Balaban J connectivity index is 0. The van der Waals surface area contributed by atoms with Crippen molar-refractivity contribution in [2.75, 3.05) is 13.2 Å². The molecule has 1 unspecified atom stereocenters. The summed E-state index contributed by atoms with van der Waals surface area (Å²) in [5, 5.41) is 7.88. The SMILES string of the molecule is CCCO.[CH2-]C(COC(=O)CCC)OC(=O)CCC/C=C\C/C=C\C/C=C\C/C=C\C1(CCCC)CCCC1.[W]. The molecule has 1 aliphatic rings. The van der Waals surface area contributed by atoms with Gasteiger partial charge in [0.25, 0.3) is 0 Å². The van der Waals surface area contributed by atoms with E-state index in [0.717, 1.165) is 44.9 Å². The van der Waals surface area contributed by atoms with E-state index in [2.05, 4.69) is 62.5 Å². The van der Waals surface area contributed by atoms with Crippen LogP contribution in [-0.4, -0.2) is 36.4 Å². The van der Waals surface area contributed by atoms with E-state index in [1.165, 1.54) is 44.9 Å². The van der Waals surface area contributed by atoms with Crippen molar-refractivity contribution in [1.82, 2.24) is 0 Å². The summed E-state index contributed by atoms with van der Waals surface area (Å²) in [6, 6.07) is 0. The van der Waals surface area contributed by atoms with Crippen molar-refractivity contribution in [2.45, 2.75) is 130 Å². The number of ether oxygens (including phenoxy) is 2. The van der Waals surface area contributed by atoms with Gasteiger partial charge in [-0.3, -0.25) is 16.5 Å². The fourth-order valence-electron chi connectivity index (χ4n) is 4.37. The van der Waals surface area contributed by atoms with E-state index in [-0.39, 0.29) is 39.6 Å². The second-order valence-corrected chi connectivity index (χ2v) is 10.4. The molecule has 0 aromatic heterocycles. The number of hydrogen-bond acceptors (Lipinski definition) is 5. The van der Waals surface area contributed by atoms with E-state index in [4.69, 9.17) is 14.6 Å². The van der Waals surface area contributed by atoms with Crippen LogP contribution in [0, 0.1) is 12.3 Å². The van der Waals surface area contributed by atoms with Gasteiger partial charge < -0.3 is 14.6 Å². The van der Waals surface area contributed by atoms with Crippen LogP contribution < -0.4 is 0 Å². The molecule has 0 heterocycles. The number of aliphatic hydroxyl groups is 1. The molecular formula is C34H57O5W-. The Labute approximate surface area is 260 Å². The van der Waals surface area contributed by atoms with Gasteiger partial charge in [-0.2, -0.15) is 0 Å². The molecule has 0 radical (unpaired) electrons. The van der Waals surface area contributed by atoms with Crippen molar-refractivity contribution in [3.05, 3.63) is 55.5 Å². The largest absolute Gasteiger partial charge is 0.492 e. The summed E-state index contributed by atoms with van der Waals surface area (Å²) in [6.07, 6.45) is 33.7. The summed E-state index contributed by atoms with van der Waals surface area (Å²) in [5.41, 5.74) is 0.497. The monoisotopic (exact) mass is 729 g/mol. The molecule has 40 heavy (non-hydrogen) atoms. The molecular weight excluding hydrogens is 672 g/mol. The van der Waals surface area contributed by atoms with Gasteiger partial charge in [0, 0.05) is 46.6 Å². The van der Waals surface area contributed by atoms with Crippen LogP contribution in [0.3, 0.4) is 0 Å². The van der Waals surface area contributed by atoms with Crippen LogP contribution in [0.15, 0.2) is 48.6 Å². The maximum absolute atomic E-state index is 11.8. The molecule has 1 saturated carbocycles. The molecule has 0 spiro atoms. The number of esters is 2. The summed E-state index contributed by atoms with van der Waals surface area (Å²) in [7, 11) is 0. The van der Waals surface area contributed by atoms with Gasteiger partial charge >= 0.3 is 11.9 Å². The zero-order valence-corrected chi connectivity index (χ0v) is 28.6. The number of allylic oxidation sites excluding steroid dienone is 8. The van der Waals surface area contributed by atoms with Gasteiger partial charge in [0.15, 0.2) is 0 Å². The summed E-state index contributed by atoms with van der Waals surface area (Å²) >= 11 is 0. The fourth-order valence-corrected chi connectivity index (χ4v) is 4.37. The van der Waals surface area contributed by atoms with Crippen molar-refractivity contribution >= 4 is 11.9 Å². The van der Waals surface area contributed by atoms with Crippen LogP contribution in [-0.2, 0) is 40.1 Å². The molecule has 0 aromatic carbocycles. The average Bonchev–Trinajstić information content (AvgIpc) is 3.40. The molecule has 1 rings (SSSR count). The van der Waals surface area contributed by atoms with Crippen molar-refractivity contribution in [1.29, 1.82) is 0 Å². The van der Waals surface area contributed by atoms with Crippen molar-refractivity contribution in [2.24, 2.45) is 5.41 Å². The number of hydrogen-bond donors (Lipinski definition) is 1. The van der Waals surface area contributed by atoms with Crippen molar-refractivity contribution < 1.29 is 45.2 Å². The first-order valence-corrected chi connectivity index (χ1v) is 15.3. The third kappa shape index (κ3) is 24.4. The summed E-state index contributed by atoms with van der Waals surface area (Å²) in [4.78, 5) is 23.1. The van der Waals surface area contributed by atoms with E-state index in [1.807, 2.05) is 13.8 Å². The summed E-state index contributed by atoms with van der Waals surface area (Å²) in [6.45, 7) is 10.2. The van der Waals surface area contributed by atoms with Crippen LogP contribution in [0.5, 0.6) is 0 Å². The van der Waals surface area contributed by atoms with E-state index >= 15 is 0 Å². The van der Waals surface area contributed by atoms with Gasteiger partial charge in [0.05, 0.1) is 6.61 Å². The molecule has 1 fully saturated rings. The fraction of sp³-hybridized carbons (Fsp3) is 0.676. The van der Waals surface area contributed by atoms with Crippen LogP contribution in [0.25, 0.3) is 0 Å². The molecule has 0 saturated heterocycles. The van der Waals surface area contributed by atoms with E-state index in [1.54, 1.807) is 0 Å². The zero-order valence-electron chi connectivity index (χ0n) is 25.6. The number of carbonyl (C=O) groups is 2. The van der Waals surface area contributed by atoms with E-state index < -0.39 is 6.10 Å². The predicted octanol–water partition coefficient (Wildman–Crippen LogP) is 8.78. The Morgan fingerprint density at radius 1 is 0.825 bits per heavy atom. The molecule has 0 aromatic rings. The third-order valence-corrected chi connectivity index (χ3v) is 6.57. The average molecular weight is 730 g/mol. The smallest absolute Gasteiger partial charge is 0.305 e. The Morgan fingerprint density at radius 2 is 1.40 bits per heavy atom. The minimum absolute atomic E-state index is 0. The Bertz CT molecular complexity index is 718. The molecule has 1 atom stereocenters. The first-order valence-electron chi connectivity index (χ1n) is 15.3. The van der Waals surface area contributed by atoms with Gasteiger partial charge in [-0.25, -0.2) is 0 Å². The van der Waals surface area contributed by atoms with Gasteiger partial charge in [-0.1, -0.05) is 95.1 Å². The molecule has 0 amide bonds. The normalized spacial score (nSPS) is 15.3. The van der Waals surface area contributed by atoms with Gasteiger partial charge in [0.2, 0.25) is 0 Å². The number of rotatable bonds is 20. The quantitative estimate of drug-likeness (QED) is 0.0588. The Hall–Kier alpha value is -1.45. The summed E-state index contributed by atoms with van der Waals surface area (Å²) < 4.78 is 10.2. The van der Waals surface area contributed by atoms with Crippen LogP contribution in [0.4, 0.5) is 0 Å². The van der Waals surface area contributed by atoms with E-state index in [9.17, 15) is 9.59 Å². The summed E-state index contributed by atoms with van der Waals surface area (Å²) in [5.74, 6) is -0.583. The third-order valence-electron chi connectivity index (χ3n) is 6.57. The molecule has 6 heteroatoms. The topological polar surface area (TPSA) is 72.8 Å². The molecule has 1 N–H and O–H groups in total. The van der Waals surface area contributed by atoms with Gasteiger partial charge in [-0.15, -0.1) is 0 Å². The van der Waals surface area contributed by atoms with Crippen molar-refractivity contribution in [3.63, 3.8) is 0 Å². The first kappa shape index (κ1) is 40.7. The maximum Gasteiger partial charge on any atom is 0.305 e. The maximum atomic E-state index is 11.8. The first-order chi connectivity index (χ1) is 18.9. The van der Waals surface area contributed by atoms with Crippen molar-refractivity contribution in [3.8, 4) is 0 Å². The number of carbonyl (C=O) groups excluding carboxylic acids is 2. The minimum atomic E-state index is -0.649. The predicted molar refractivity (Wildman–Crippen MR) is 163 cm³/mol. The molecule has 0 bridgehead atoms. The number of aliphatic hydroxyl groups excluding tert-OH is 1. The second-order valence-electron chi connectivity index (χ2n) is 10.4. The molecule has 230 valence electrons. The Morgan fingerprint density at radius 3 is 1.95 bits per heavy atom.